The van der Waals surface area contributed by atoms with Crippen LogP contribution in [0.1, 0.15) is 10.4 Å². The molecule has 0 aliphatic carbocycles. The predicted molar refractivity (Wildman–Crippen MR) is 110 cm³/mol. The SMILES string of the molecule is Cc1ccc(OCC(=O)NNC(=S)NC(=O)C=Cc2cccs2)c(Br)c1. The number of carbonyl (C=O) groups excluding carboxylic acids is 2. The highest BCUT2D eigenvalue weighted by atomic mass is 79.9. The standard InChI is InChI=1S/C17H16BrN3O3S2/c1-11-4-6-14(13(18)9-11)24-10-16(23)20-21-17(25)19-15(22)7-5-12-3-2-8-26-12/h2-9H,10H2,1H3,(H,20,23)(H2,19,21,22,25). The van der Waals surface area contributed by atoms with E-state index in [1.165, 1.54) is 17.4 Å². The molecule has 0 unspecified atom stereocenters. The second kappa shape index (κ2) is 10.0. The highest BCUT2D eigenvalue weighted by Crippen LogP contribution is 2.25. The maximum atomic E-state index is 11.8. The van der Waals surface area contributed by atoms with Gasteiger partial charge in [-0.1, -0.05) is 12.1 Å². The van der Waals surface area contributed by atoms with E-state index in [-0.39, 0.29) is 11.7 Å². The van der Waals surface area contributed by atoms with Gasteiger partial charge in [0.15, 0.2) is 11.7 Å². The van der Waals surface area contributed by atoms with Crippen molar-refractivity contribution in [2.24, 2.45) is 0 Å². The minimum absolute atomic E-state index is 0.0179. The lowest BCUT2D eigenvalue weighted by Gasteiger charge is -2.11. The summed E-state index contributed by atoms with van der Waals surface area (Å²) in [6.07, 6.45) is 3.04. The van der Waals surface area contributed by atoms with E-state index in [1.54, 1.807) is 12.1 Å². The second-order valence-corrected chi connectivity index (χ2v) is 7.30. The molecule has 0 radical (unpaired) electrons. The maximum Gasteiger partial charge on any atom is 0.276 e. The summed E-state index contributed by atoms with van der Waals surface area (Å²) >= 11 is 9.82. The number of hydrogen-bond acceptors (Lipinski definition) is 5. The Bertz CT molecular complexity index is 823. The number of hydrazine groups is 1. The van der Waals surface area contributed by atoms with Crippen molar-refractivity contribution in [1.82, 2.24) is 16.2 Å². The monoisotopic (exact) mass is 453 g/mol. The van der Waals surface area contributed by atoms with Gasteiger partial charge in [-0.05, 0) is 70.3 Å². The molecule has 9 heteroatoms. The molecule has 136 valence electrons. The quantitative estimate of drug-likeness (QED) is 0.368. The van der Waals surface area contributed by atoms with Gasteiger partial charge in [0.2, 0.25) is 5.91 Å². The second-order valence-electron chi connectivity index (χ2n) is 5.06. The Morgan fingerprint density at radius 1 is 1.31 bits per heavy atom. The first kappa shape index (κ1) is 20.1. The van der Waals surface area contributed by atoms with Crippen LogP contribution in [0.3, 0.4) is 0 Å². The molecule has 0 bridgehead atoms. The summed E-state index contributed by atoms with van der Waals surface area (Å²) in [5.74, 6) is -0.284. The molecule has 0 aliphatic rings. The van der Waals surface area contributed by atoms with Crippen LogP contribution in [0.4, 0.5) is 0 Å². The summed E-state index contributed by atoms with van der Waals surface area (Å²) in [7, 11) is 0. The van der Waals surface area contributed by atoms with E-state index in [4.69, 9.17) is 17.0 Å². The van der Waals surface area contributed by atoms with Crippen LogP contribution in [-0.2, 0) is 9.59 Å². The Morgan fingerprint density at radius 2 is 2.12 bits per heavy atom. The van der Waals surface area contributed by atoms with E-state index >= 15 is 0 Å². The molecule has 0 atom stereocenters. The zero-order valence-electron chi connectivity index (χ0n) is 13.7. The lowest BCUT2D eigenvalue weighted by atomic mass is 10.2. The van der Waals surface area contributed by atoms with Gasteiger partial charge < -0.3 is 4.74 Å². The van der Waals surface area contributed by atoms with E-state index in [0.717, 1.165) is 14.9 Å². The fourth-order valence-electron chi connectivity index (χ4n) is 1.76. The highest BCUT2D eigenvalue weighted by Gasteiger charge is 2.07. The molecule has 1 aromatic carbocycles. The van der Waals surface area contributed by atoms with Crippen LogP contribution in [0.15, 0.2) is 46.3 Å². The van der Waals surface area contributed by atoms with Gasteiger partial charge in [0.1, 0.15) is 5.75 Å². The molecule has 0 saturated carbocycles. The fraction of sp³-hybridized carbons (Fsp3) is 0.118. The third-order valence-electron chi connectivity index (χ3n) is 2.94. The molecule has 26 heavy (non-hydrogen) atoms. The summed E-state index contributed by atoms with van der Waals surface area (Å²) in [4.78, 5) is 24.4. The summed E-state index contributed by atoms with van der Waals surface area (Å²) in [6.45, 7) is 1.75. The average molecular weight is 454 g/mol. The number of thiocarbonyl (C=S) groups is 1. The van der Waals surface area contributed by atoms with E-state index in [2.05, 4.69) is 32.1 Å². The molecular formula is C17H16BrN3O3S2. The fourth-order valence-corrected chi connectivity index (χ4v) is 3.13. The molecule has 2 amide bonds. The zero-order chi connectivity index (χ0) is 18.9. The first-order valence-electron chi connectivity index (χ1n) is 7.44. The van der Waals surface area contributed by atoms with Gasteiger partial charge in [-0.2, -0.15) is 0 Å². The van der Waals surface area contributed by atoms with E-state index in [0.29, 0.717) is 5.75 Å². The smallest absolute Gasteiger partial charge is 0.276 e. The molecule has 0 saturated heterocycles. The van der Waals surface area contributed by atoms with E-state index < -0.39 is 11.8 Å². The average Bonchev–Trinajstić information content (AvgIpc) is 3.11. The molecule has 6 nitrogen and oxygen atoms in total. The van der Waals surface area contributed by atoms with Crippen LogP contribution in [0.25, 0.3) is 6.08 Å². The molecule has 0 spiro atoms. The van der Waals surface area contributed by atoms with Crippen LogP contribution in [0.5, 0.6) is 5.75 Å². The van der Waals surface area contributed by atoms with Crippen molar-refractivity contribution >= 4 is 62.5 Å². The van der Waals surface area contributed by atoms with Crippen LogP contribution < -0.4 is 20.9 Å². The van der Waals surface area contributed by atoms with Crippen LogP contribution >= 0.6 is 39.5 Å². The molecule has 2 rings (SSSR count). The molecule has 1 heterocycles. The van der Waals surface area contributed by atoms with Gasteiger partial charge in [0, 0.05) is 11.0 Å². The summed E-state index contributed by atoms with van der Waals surface area (Å²) in [5.41, 5.74) is 5.87. The number of halogens is 1. The third kappa shape index (κ3) is 6.95. The molecule has 3 N–H and O–H groups in total. The van der Waals surface area contributed by atoms with Crippen LogP contribution in [-0.4, -0.2) is 23.5 Å². The van der Waals surface area contributed by atoms with Gasteiger partial charge in [-0.15, -0.1) is 11.3 Å². The number of carbonyl (C=O) groups is 2. The number of thiophene rings is 1. The third-order valence-corrected chi connectivity index (χ3v) is 4.60. The molecule has 1 aromatic heterocycles. The maximum absolute atomic E-state index is 11.8. The number of rotatable bonds is 5. The number of hydrogen-bond donors (Lipinski definition) is 3. The van der Waals surface area contributed by atoms with Crippen molar-refractivity contribution < 1.29 is 14.3 Å². The highest BCUT2D eigenvalue weighted by molar-refractivity contribution is 9.10. The van der Waals surface area contributed by atoms with E-state index in [1.807, 2.05) is 36.6 Å². The first-order valence-corrected chi connectivity index (χ1v) is 9.52. The van der Waals surface area contributed by atoms with Crippen molar-refractivity contribution in [3.63, 3.8) is 0 Å². The largest absolute Gasteiger partial charge is 0.483 e. The minimum Gasteiger partial charge on any atom is -0.483 e. The number of nitrogens with one attached hydrogen (secondary N) is 3. The summed E-state index contributed by atoms with van der Waals surface area (Å²) in [5, 5.41) is 4.32. The Morgan fingerprint density at radius 3 is 2.81 bits per heavy atom. The van der Waals surface area contributed by atoms with E-state index in [9.17, 15) is 9.59 Å². The van der Waals surface area contributed by atoms with Crippen molar-refractivity contribution in [2.45, 2.75) is 6.92 Å². The van der Waals surface area contributed by atoms with Gasteiger partial charge in [0.25, 0.3) is 5.91 Å². The van der Waals surface area contributed by atoms with Crippen molar-refractivity contribution in [3.05, 3.63) is 56.7 Å². The van der Waals surface area contributed by atoms with Gasteiger partial charge in [-0.25, -0.2) is 0 Å². The lowest BCUT2D eigenvalue weighted by Crippen LogP contribution is -2.49. The van der Waals surface area contributed by atoms with Crippen molar-refractivity contribution in [2.75, 3.05) is 6.61 Å². The van der Waals surface area contributed by atoms with Gasteiger partial charge >= 0.3 is 0 Å². The number of ether oxygens (including phenoxy) is 1. The predicted octanol–water partition coefficient (Wildman–Crippen LogP) is 2.93. The number of amides is 2. The Hall–Kier alpha value is -2.23. The summed E-state index contributed by atoms with van der Waals surface area (Å²) in [6, 6.07) is 9.31. The van der Waals surface area contributed by atoms with Crippen LogP contribution in [0.2, 0.25) is 0 Å². The number of aryl methyl sites for hydroxylation is 1. The topological polar surface area (TPSA) is 79.5 Å². The molecule has 0 aliphatic heterocycles. The van der Waals surface area contributed by atoms with Gasteiger partial charge in [-0.3, -0.25) is 25.8 Å². The van der Waals surface area contributed by atoms with Crippen molar-refractivity contribution in [1.29, 1.82) is 0 Å². The molecule has 0 fully saturated rings. The lowest BCUT2D eigenvalue weighted by molar-refractivity contribution is -0.123. The van der Waals surface area contributed by atoms with Gasteiger partial charge in [0.05, 0.1) is 4.47 Å². The van der Waals surface area contributed by atoms with Crippen LogP contribution in [0, 0.1) is 6.92 Å². The Kier molecular flexibility index (Phi) is 7.76. The molecular weight excluding hydrogens is 438 g/mol. The Labute approximate surface area is 168 Å². The first-order chi connectivity index (χ1) is 12.4. The minimum atomic E-state index is -0.441. The zero-order valence-corrected chi connectivity index (χ0v) is 17.0. The normalized spacial score (nSPS) is 10.4. The molecule has 2 aromatic rings. The van der Waals surface area contributed by atoms with Crippen molar-refractivity contribution in [3.8, 4) is 5.75 Å². The Balaban J connectivity index is 1.69. The summed E-state index contributed by atoms with van der Waals surface area (Å²) < 4.78 is 6.17. The number of benzene rings is 1.